The van der Waals surface area contributed by atoms with E-state index >= 15 is 0 Å². The van der Waals surface area contributed by atoms with E-state index in [0.717, 1.165) is 12.3 Å². The molecule has 2 unspecified atom stereocenters. The van der Waals surface area contributed by atoms with Gasteiger partial charge in [-0.1, -0.05) is 19.8 Å². The van der Waals surface area contributed by atoms with Crippen LogP contribution in [-0.2, 0) is 4.79 Å². The van der Waals surface area contributed by atoms with Gasteiger partial charge in [0.25, 0.3) is 0 Å². The maximum absolute atomic E-state index is 11.0. The third-order valence-electron chi connectivity index (χ3n) is 3.32. The summed E-state index contributed by atoms with van der Waals surface area (Å²) in [7, 11) is 0. The second-order valence-corrected chi connectivity index (χ2v) is 4.36. The quantitative estimate of drug-likeness (QED) is 0.702. The highest BCUT2D eigenvalue weighted by molar-refractivity contribution is 5.79. The minimum absolute atomic E-state index is 0.148. The Hall–Kier alpha value is -0.570. The molecule has 1 fully saturated rings. The lowest BCUT2D eigenvalue weighted by atomic mass is 9.98. The van der Waals surface area contributed by atoms with E-state index in [9.17, 15) is 4.79 Å². The number of hydrogen-bond acceptors (Lipinski definition) is 2. The van der Waals surface area contributed by atoms with Crippen LogP contribution in [-0.4, -0.2) is 18.0 Å². The predicted molar refractivity (Wildman–Crippen MR) is 57.8 cm³/mol. The van der Waals surface area contributed by atoms with Crippen LogP contribution in [0.3, 0.4) is 0 Å². The van der Waals surface area contributed by atoms with Gasteiger partial charge in [0.15, 0.2) is 0 Å². The molecule has 0 saturated heterocycles. The molecule has 3 nitrogen and oxygen atoms in total. The molecule has 0 spiro atoms. The summed E-state index contributed by atoms with van der Waals surface area (Å²) in [6, 6.07) is 0.278. The third kappa shape index (κ3) is 2.98. The van der Waals surface area contributed by atoms with E-state index < -0.39 is 0 Å². The molecule has 0 aromatic heterocycles. The summed E-state index contributed by atoms with van der Waals surface area (Å²) in [6.07, 6.45) is 6.05. The van der Waals surface area contributed by atoms with Crippen molar-refractivity contribution in [3.63, 3.8) is 0 Å². The topological polar surface area (TPSA) is 55.1 Å². The summed E-state index contributed by atoms with van der Waals surface area (Å²) in [5.74, 6) is 0.515. The number of rotatable bonds is 5. The molecule has 0 bridgehead atoms. The zero-order valence-corrected chi connectivity index (χ0v) is 9.25. The van der Waals surface area contributed by atoms with Crippen molar-refractivity contribution in [1.82, 2.24) is 5.32 Å². The lowest BCUT2D eigenvalue weighted by molar-refractivity contribution is -0.120. The zero-order chi connectivity index (χ0) is 10.6. The van der Waals surface area contributed by atoms with Gasteiger partial charge in [-0.05, 0) is 32.1 Å². The maximum atomic E-state index is 11.0. The fraction of sp³-hybridized carbons (Fsp3) is 0.909. The van der Waals surface area contributed by atoms with Crippen molar-refractivity contribution >= 4 is 5.91 Å². The van der Waals surface area contributed by atoms with Crippen molar-refractivity contribution in [2.75, 3.05) is 0 Å². The highest BCUT2D eigenvalue weighted by atomic mass is 16.1. The molecule has 0 aliphatic heterocycles. The van der Waals surface area contributed by atoms with Crippen LogP contribution < -0.4 is 11.1 Å². The Kier molecular flexibility index (Phi) is 4.39. The lowest BCUT2D eigenvalue weighted by Gasteiger charge is -2.24. The number of carbonyl (C=O) groups excluding carboxylic acids is 1. The van der Waals surface area contributed by atoms with Crippen molar-refractivity contribution in [3.8, 4) is 0 Å². The Bertz CT molecular complexity index is 188. The van der Waals surface area contributed by atoms with Crippen LogP contribution in [0.15, 0.2) is 0 Å². The van der Waals surface area contributed by atoms with Crippen LogP contribution in [0.1, 0.15) is 46.0 Å². The first-order valence-corrected chi connectivity index (χ1v) is 5.70. The summed E-state index contributed by atoms with van der Waals surface area (Å²) in [5, 5.41) is 3.33. The molecule has 1 amide bonds. The van der Waals surface area contributed by atoms with Gasteiger partial charge in [0, 0.05) is 6.04 Å². The second kappa shape index (κ2) is 5.35. The maximum Gasteiger partial charge on any atom is 0.234 e. The molecule has 3 N–H and O–H groups in total. The van der Waals surface area contributed by atoms with E-state index in [1.807, 2.05) is 6.92 Å². The van der Waals surface area contributed by atoms with E-state index in [1.54, 1.807) is 0 Å². The van der Waals surface area contributed by atoms with E-state index in [2.05, 4.69) is 12.2 Å². The van der Waals surface area contributed by atoms with Crippen molar-refractivity contribution in [1.29, 1.82) is 0 Å². The Labute approximate surface area is 86.4 Å². The Morgan fingerprint density at radius 1 is 1.50 bits per heavy atom. The number of nitrogens with one attached hydrogen (secondary N) is 1. The Morgan fingerprint density at radius 3 is 2.50 bits per heavy atom. The molecular formula is C11H22N2O. The largest absolute Gasteiger partial charge is 0.368 e. The van der Waals surface area contributed by atoms with E-state index in [-0.39, 0.29) is 11.9 Å². The fourth-order valence-electron chi connectivity index (χ4n) is 2.31. The molecule has 1 aliphatic rings. The van der Waals surface area contributed by atoms with Crippen molar-refractivity contribution in [3.05, 3.63) is 0 Å². The first kappa shape index (κ1) is 11.5. The van der Waals surface area contributed by atoms with Gasteiger partial charge in [-0.15, -0.1) is 0 Å². The molecule has 0 radical (unpaired) electrons. The number of carbonyl (C=O) groups is 1. The number of primary amides is 1. The predicted octanol–water partition coefficient (Wildman–Crippen LogP) is 1.42. The SMILES string of the molecule is CCC(NC(C)C1CCCC1)C(N)=O. The lowest BCUT2D eigenvalue weighted by Crippen LogP contribution is -2.47. The summed E-state index contributed by atoms with van der Waals surface area (Å²) >= 11 is 0. The summed E-state index contributed by atoms with van der Waals surface area (Å²) < 4.78 is 0. The average molecular weight is 198 g/mol. The number of amides is 1. The van der Waals surface area contributed by atoms with Crippen LogP contribution in [0, 0.1) is 5.92 Å². The van der Waals surface area contributed by atoms with Gasteiger partial charge in [0.05, 0.1) is 6.04 Å². The Balaban J connectivity index is 2.37. The van der Waals surface area contributed by atoms with Crippen LogP contribution in [0.4, 0.5) is 0 Å². The van der Waals surface area contributed by atoms with Crippen molar-refractivity contribution in [2.45, 2.75) is 58.0 Å². The van der Waals surface area contributed by atoms with Gasteiger partial charge >= 0.3 is 0 Å². The highest BCUT2D eigenvalue weighted by Gasteiger charge is 2.24. The minimum atomic E-state index is -0.225. The van der Waals surface area contributed by atoms with Gasteiger partial charge in [-0.3, -0.25) is 4.79 Å². The molecule has 2 atom stereocenters. The zero-order valence-electron chi connectivity index (χ0n) is 9.25. The molecule has 1 rings (SSSR count). The second-order valence-electron chi connectivity index (χ2n) is 4.36. The van der Waals surface area contributed by atoms with Crippen LogP contribution in [0.2, 0.25) is 0 Å². The van der Waals surface area contributed by atoms with Gasteiger partial charge in [0.2, 0.25) is 5.91 Å². The van der Waals surface area contributed by atoms with Crippen LogP contribution in [0.5, 0.6) is 0 Å². The molecule has 0 heterocycles. The van der Waals surface area contributed by atoms with Gasteiger partial charge in [0.1, 0.15) is 0 Å². The van der Waals surface area contributed by atoms with E-state index in [1.165, 1.54) is 25.7 Å². The molecular weight excluding hydrogens is 176 g/mol. The number of hydrogen-bond donors (Lipinski definition) is 2. The first-order valence-electron chi connectivity index (χ1n) is 5.70. The molecule has 0 aromatic carbocycles. The van der Waals surface area contributed by atoms with Gasteiger partial charge in [-0.2, -0.15) is 0 Å². The van der Waals surface area contributed by atoms with E-state index in [4.69, 9.17) is 5.73 Å². The van der Waals surface area contributed by atoms with Gasteiger partial charge < -0.3 is 11.1 Å². The van der Waals surface area contributed by atoms with Crippen LogP contribution in [0.25, 0.3) is 0 Å². The summed E-state index contributed by atoms with van der Waals surface area (Å²) in [6.45, 7) is 4.16. The average Bonchev–Trinajstić information content (AvgIpc) is 2.65. The van der Waals surface area contributed by atoms with Crippen molar-refractivity contribution in [2.24, 2.45) is 11.7 Å². The summed E-state index contributed by atoms with van der Waals surface area (Å²) in [5.41, 5.74) is 5.29. The smallest absolute Gasteiger partial charge is 0.234 e. The third-order valence-corrected chi connectivity index (χ3v) is 3.32. The van der Waals surface area contributed by atoms with Crippen LogP contribution >= 0.6 is 0 Å². The molecule has 1 saturated carbocycles. The van der Waals surface area contributed by atoms with E-state index in [0.29, 0.717) is 6.04 Å². The molecule has 3 heteroatoms. The first-order chi connectivity index (χ1) is 6.65. The highest BCUT2D eigenvalue weighted by Crippen LogP contribution is 2.27. The standard InChI is InChI=1S/C11H22N2O/c1-3-10(11(12)14)13-8(2)9-6-4-5-7-9/h8-10,13H,3-7H2,1-2H3,(H2,12,14). The monoisotopic (exact) mass is 198 g/mol. The molecule has 14 heavy (non-hydrogen) atoms. The van der Waals surface area contributed by atoms with Crippen molar-refractivity contribution < 1.29 is 4.79 Å². The Morgan fingerprint density at radius 2 is 2.07 bits per heavy atom. The van der Waals surface area contributed by atoms with Gasteiger partial charge in [-0.25, -0.2) is 0 Å². The number of nitrogens with two attached hydrogens (primary N) is 1. The summed E-state index contributed by atoms with van der Waals surface area (Å²) in [4.78, 5) is 11.0. The molecule has 1 aliphatic carbocycles. The molecule has 0 aromatic rings. The molecule has 82 valence electrons. The fourth-order valence-corrected chi connectivity index (χ4v) is 2.31. The minimum Gasteiger partial charge on any atom is -0.368 e. The normalized spacial score (nSPS) is 22.1.